The van der Waals surface area contributed by atoms with Crippen LogP contribution in [0.4, 0.5) is 0 Å². The largest absolute Gasteiger partial charge is 0.341 e. The van der Waals surface area contributed by atoms with Crippen molar-refractivity contribution >= 4 is 17.7 Å². The van der Waals surface area contributed by atoms with Gasteiger partial charge in [0.15, 0.2) is 0 Å². The average molecular weight is 262 g/mol. The van der Waals surface area contributed by atoms with E-state index in [-0.39, 0.29) is 16.7 Å². The van der Waals surface area contributed by atoms with Gasteiger partial charge in [0.2, 0.25) is 5.91 Å². The molecule has 0 bridgehead atoms. The van der Waals surface area contributed by atoms with Gasteiger partial charge in [0, 0.05) is 23.6 Å². The van der Waals surface area contributed by atoms with Gasteiger partial charge in [-0.25, -0.2) is 0 Å². The number of rotatable bonds is 2. The summed E-state index contributed by atoms with van der Waals surface area (Å²) in [5, 5.41) is 0. The first-order valence-electron chi connectivity index (χ1n) is 6.28. The number of hydrogen-bond acceptors (Lipinski definition) is 2. The van der Waals surface area contributed by atoms with Crippen LogP contribution >= 0.6 is 11.8 Å². The third kappa shape index (κ3) is 3.29. The van der Waals surface area contributed by atoms with Crippen molar-refractivity contribution in [3.8, 4) is 0 Å². The molecule has 1 unspecified atom stereocenters. The molecule has 0 aliphatic carbocycles. The Labute approximate surface area is 114 Å². The molecule has 1 aliphatic rings. The lowest BCUT2D eigenvalue weighted by molar-refractivity contribution is -0.128. The molecular formula is C15H20NOS. The summed E-state index contributed by atoms with van der Waals surface area (Å²) in [5.41, 5.74) is 1.29. The van der Waals surface area contributed by atoms with E-state index in [4.69, 9.17) is 0 Å². The highest BCUT2D eigenvalue weighted by Gasteiger charge is 2.33. The van der Waals surface area contributed by atoms with Gasteiger partial charge >= 0.3 is 0 Å². The second-order valence-corrected chi connectivity index (χ2v) is 7.03. The Balaban J connectivity index is 2.10. The molecule has 1 amide bonds. The van der Waals surface area contributed by atoms with Gasteiger partial charge in [-0.05, 0) is 25.8 Å². The van der Waals surface area contributed by atoms with Crippen LogP contribution in [0.25, 0.3) is 0 Å². The summed E-state index contributed by atoms with van der Waals surface area (Å²) in [6, 6.07) is 10.7. The van der Waals surface area contributed by atoms with Crippen LogP contribution < -0.4 is 0 Å². The summed E-state index contributed by atoms with van der Waals surface area (Å²) < 4.78 is -0.0587. The van der Waals surface area contributed by atoms with Gasteiger partial charge in [0.05, 0.1) is 6.42 Å². The fourth-order valence-corrected chi connectivity index (χ4v) is 3.27. The van der Waals surface area contributed by atoms with Crippen LogP contribution in [-0.4, -0.2) is 34.4 Å². The summed E-state index contributed by atoms with van der Waals surface area (Å²) in [6.45, 7) is 4.21. The maximum atomic E-state index is 12.1. The molecule has 0 N–H and O–H groups in total. The summed E-state index contributed by atoms with van der Waals surface area (Å²) in [6.07, 6.45) is 2.77. The molecule has 1 aromatic carbocycles. The lowest BCUT2D eigenvalue weighted by Crippen LogP contribution is -2.39. The Bertz CT molecular complexity index is 416. The first kappa shape index (κ1) is 13.5. The normalized spacial score (nSPS) is 23.8. The molecule has 3 heteroatoms. The number of carbonyl (C=O) groups is 1. The van der Waals surface area contributed by atoms with Crippen LogP contribution in [0.1, 0.15) is 19.4 Å². The molecule has 0 aromatic heterocycles. The fraction of sp³-hybridized carbons (Fsp3) is 0.467. The molecule has 1 aromatic rings. The number of benzene rings is 1. The molecule has 1 atom stereocenters. The van der Waals surface area contributed by atoms with E-state index in [2.05, 4.69) is 38.1 Å². The lowest BCUT2D eigenvalue weighted by atomic mass is 10.0. The SMILES string of the molecule is CN1C(=O)[CH]C(C)(C)SCC1Cc1ccccc1. The van der Waals surface area contributed by atoms with Gasteiger partial charge in [-0.15, -0.1) is 0 Å². The third-order valence-electron chi connectivity index (χ3n) is 3.33. The topological polar surface area (TPSA) is 20.3 Å². The Hall–Kier alpha value is -0.960. The van der Waals surface area contributed by atoms with Crippen molar-refractivity contribution in [3.63, 3.8) is 0 Å². The molecule has 1 radical (unpaired) electrons. The summed E-state index contributed by atoms with van der Waals surface area (Å²) in [4.78, 5) is 14.0. The first-order valence-corrected chi connectivity index (χ1v) is 7.27. The number of carbonyl (C=O) groups excluding carboxylic acids is 1. The molecule has 1 heterocycles. The molecule has 0 saturated carbocycles. The van der Waals surface area contributed by atoms with Crippen molar-refractivity contribution in [2.45, 2.75) is 31.1 Å². The van der Waals surface area contributed by atoms with Crippen molar-refractivity contribution in [2.75, 3.05) is 12.8 Å². The summed E-state index contributed by atoms with van der Waals surface area (Å²) in [5.74, 6) is 1.13. The fourth-order valence-electron chi connectivity index (χ4n) is 2.13. The zero-order valence-electron chi connectivity index (χ0n) is 11.2. The van der Waals surface area contributed by atoms with E-state index in [0.29, 0.717) is 0 Å². The summed E-state index contributed by atoms with van der Waals surface area (Å²) in [7, 11) is 1.91. The highest BCUT2D eigenvalue weighted by Crippen LogP contribution is 2.33. The summed E-state index contributed by atoms with van der Waals surface area (Å²) >= 11 is 1.86. The van der Waals surface area contributed by atoms with Gasteiger partial charge < -0.3 is 4.90 Å². The number of nitrogens with zero attached hydrogens (tertiary/aromatic N) is 1. The van der Waals surface area contributed by atoms with Gasteiger partial charge in [-0.1, -0.05) is 30.3 Å². The minimum atomic E-state index is -0.0587. The van der Waals surface area contributed by atoms with Crippen LogP contribution in [0.5, 0.6) is 0 Å². The van der Waals surface area contributed by atoms with Crippen molar-refractivity contribution in [1.82, 2.24) is 4.90 Å². The predicted molar refractivity (Wildman–Crippen MR) is 77.5 cm³/mol. The number of hydrogen-bond donors (Lipinski definition) is 0. The predicted octanol–water partition coefficient (Wildman–Crippen LogP) is 2.79. The van der Waals surface area contributed by atoms with Crippen LogP contribution in [0.3, 0.4) is 0 Å². The smallest absolute Gasteiger partial charge is 0.227 e. The maximum absolute atomic E-state index is 12.1. The molecule has 18 heavy (non-hydrogen) atoms. The Morgan fingerprint density at radius 2 is 2.00 bits per heavy atom. The maximum Gasteiger partial charge on any atom is 0.227 e. The standard InChI is InChI=1S/C15H20NOS/c1-15(2)10-14(17)16(3)13(11-18-15)9-12-7-5-4-6-8-12/h4-8,10,13H,9,11H2,1-3H3. The molecular weight excluding hydrogens is 242 g/mol. The Morgan fingerprint density at radius 3 is 2.67 bits per heavy atom. The van der Waals surface area contributed by atoms with Crippen LogP contribution in [0.2, 0.25) is 0 Å². The molecule has 1 aliphatic heterocycles. The highest BCUT2D eigenvalue weighted by molar-refractivity contribution is 8.00. The minimum Gasteiger partial charge on any atom is -0.341 e. The highest BCUT2D eigenvalue weighted by atomic mass is 32.2. The molecule has 2 rings (SSSR count). The van der Waals surface area contributed by atoms with E-state index in [1.807, 2.05) is 36.2 Å². The molecule has 1 fully saturated rings. The van der Waals surface area contributed by atoms with Gasteiger partial charge in [0.1, 0.15) is 0 Å². The van der Waals surface area contributed by atoms with Crippen LogP contribution in [0, 0.1) is 6.42 Å². The Kier molecular flexibility index (Phi) is 4.00. The van der Waals surface area contributed by atoms with Gasteiger partial charge in [0.25, 0.3) is 0 Å². The molecule has 0 spiro atoms. The van der Waals surface area contributed by atoms with Crippen molar-refractivity contribution in [3.05, 3.63) is 42.3 Å². The van der Waals surface area contributed by atoms with Crippen molar-refractivity contribution in [2.24, 2.45) is 0 Å². The Morgan fingerprint density at radius 1 is 1.33 bits per heavy atom. The van der Waals surface area contributed by atoms with E-state index in [1.54, 1.807) is 0 Å². The molecule has 2 nitrogen and oxygen atoms in total. The number of amides is 1. The third-order valence-corrected chi connectivity index (χ3v) is 4.74. The number of thioether (sulfide) groups is 1. The minimum absolute atomic E-state index is 0.0587. The van der Waals surface area contributed by atoms with E-state index in [0.717, 1.165) is 12.2 Å². The zero-order valence-corrected chi connectivity index (χ0v) is 12.0. The van der Waals surface area contributed by atoms with Crippen LogP contribution in [-0.2, 0) is 11.2 Å². The van der Waals surface area contributed by atoms with E-state index in [1.165, 1.54) is 5.56 Å². The van der Waals surface area contributed by atoms with E-state index < -0.39 is 0 Å². The van der Waals surface area contributed by atoms with E-state index in [9.17, 15) is 4.79 Å². The van der Waals surface area contributed by atoms with Crippen molar-refractivity contribution < 1.29 is 4.79 Å². The van der Waals surface area contributed by atoms with Gasteiger partial charge in [-0.3, -0.25) is 4.79 Å². The van der Waals surface area contributed by atoms with Crippen molar-refractivity contribution in [1.29, 1.82) is 0 Å². The monoisotopic (exact) mass is 262 g/mol. The molecule has 1 saturated heterocycles. The first-order chi connectivity index (χ1) is 8.48. The number of likely N-dealkylation sites (N-methyl/N-ethyl adjacent to an activating group) is 1. The van der Waals surface area contributed by atoms with Gasteiger partial charge in [-0.2, -0.15) is 11.8 Å². The lowest BCUT2D eigenvalue weighted by Gasteiger charge is -2.25. The second-order valence-electron chi connectivity index (χ2n) is 5.35. The second kappa shape index (κ2) is 5.35. The quantitative estimate of drug-likeness (QED) is 0.817. The molecule has 97 valence electrons. The van der Waals surface area contributed by atoms with E-state index >= 15 is 0 Å². The van der Waals surface area contributed by atoms with Crippen LogP contribution in [0.15, 0.2) is 30.3 Å². The average Bonchev–Trinajstić information content (AvgIpc) is 2.42. The zero-order chi connectivity index (χ0) is 13.2.